The summed E-state index contributed by atoms with van der Waals surface area (Å²) in [5.74, 6) is -0.480. The largest absolute Gasteiger partial charge is 0.481 e. The van der Waals surface area contributed by atoms with Crippen molar-refractivity contribution in [3.05, 3.63) is 54.1 Å². The molecule has 30 heavy (non-hydrogen) atoms. The zero-order chi connectivity index (χ0) is 21.3. The molecule has 3 rings (SSSR count). The number of amides is 1. The number of nitrogens with zero attached hydrogens (tertiary/aromatic N) is 4. The van der Waals surface area contributed by atoms with Gasteiger partial charge in [-0.05, 0) is 33.5 Å². The third-order valence-corrected chi connectivity index (χ3v) is 4.85. The van der Waals surface area contributed by atoms with Crippen LogP contribution in [0.3, 0.4) is 0 Å². The number of carboxylic acid groups (broad SMARTS) is 1. The maximum Gasteiger partial charge on any atom is 0.303 e. The normalized spacial score (nSPS) is 10.7. The highest BCUT2D eigenvalue weighted by Crippen LogP contribution is 2.29. The summed E-state index contributed by atoms with van der Waals surface area (Å²) >= 11 is 0. The fourth-order valence-corrected chi connectivity index (χ4v) is 3.24. The molecule has 8 nitrogen and oxygen atoms in total. The molecular formula is C22H25N5O3. The van der Waals surface area contributed by atoms with Gasteiger partial charge in [-0.15, -0.1) is 5.10 Å². The van der Waals surface area contributed by atoms with Gasteiger partial charge < -0.3 is 10.0 Å². The Hall–Kier alpha value is -3.55. The first kappa shape index (κ1) is 21.2. The van der Waals surface area contributed by atoms with Crippen LogP contribution in [-0.4, -0.2) is 49.1 Å². The molecule has 1 heterocycles. The number of aromatic amines is 1. The number of hydrogen-bond acceptors (Lipinski definition) is 5. The lowest BCUT2D eigenvalue weighted by atomic mass is 9.98. The number of nitrogens with one attached hydrogen (secondary N) is 1. The van der Waals surface area contributed by atoms with Gasteiger partial charge >= 0.3 is 5.97 Å². The zero-order valence-electron chi connectivity index (χ0n) is 16.9. The first-order valence-corrected chi connectivity index (χ1v) is 10.0. The minimum absolute atomic E-state index is 0.0235. The van der Waals surface area contributed by atoms with Crippen molar-refractivity contribution in [2.24, 2.45) is 0 Å². The van der Waals surface area contributed by atoms with Gasteiger partial charge in [0.25, 0.3) is 0 Å². The van der Waals surface area contributed by atoms with Crippen molar-refractivity contribution in [2.45, 2.75) is 39.2 Å². The van der Waals surface area contributed by atoms with Crippen molar-refractivity contribution in [3.8, 4) is 22.5 Å². The van der Waals surface area contributed by atoms with E-state index in [9.17, 15) is 9.59 Å². The van der Waals surface area contributed by atoms with Gasteiger partial charge in [-0.3, -0.25) is 9.59 Å². The highest BCUT2D eigenvalue weighted by Gasteiger charge is 2.15. The number of tetrazole rings is 1. The number of H-pyrrole nitrogens is 1. The number of unbranched alkanes of at least 4 members (excludes halogenated alkanes) is 1. The van der Waals surface area contributed by atoms with Crippen molar-refractivity contribution in [1.82, 2.24) is 25.5 Å². The Bertz CT molecular complexity index is 971. The van der Waals surface area contributed by atoms with Crippen LogP contribution in [0.25, 0.3) is 22.5 Å². The number of aliphatic carboxylic acids is 1. The SMILES string of the molecule is CCCCN(Cc1ccc(-c2ccccc2-c2nnn[nH]2)cc1)C(=O)CCC(=O)O. The monoisotopic (exact) mass is 407 g/mol. The van der Waals surface area contributed by atoms with E-state index in [1.165, 1.54) is 0 Å². The Morgan fingerprint density at radius 1 is 1.03 bits per heavy atom. The molecule has 0 radical (unpaired) electrons. The van der Waals surface area contributed by atoms with Gasteiger partial charge in [0.05, 0.1) is 6.42 Å². The second kappa shape index (κ2) is 10.3. The van der Waals surface area contributed by atoms with E-state index in [1.54, 1.807) is 4.90 Å². The Kier molecular flexibility index (Phi) is 7.26. The summed E-state index contributed by atoms with van der Waals surface area (Å²) in [6.07, 6.45) is 1.73. The van der Waals surface area contributed by atoms with E-state index in [-0.39, 0.29) is 18.7 Å². The van der Waals surface area contributed by atoms with E-state index in [0.29, 0.717) is 18.9 Å². The van der Waals surface area contributed by atoms with Crippen LogP contribution < -0.4 is 0 Å². The van der Waals surface area contributed by atoms with Gasteiger partial charge in [0, 0.05) is 25.1 Å². The Morgan fingerprint density at radius 2 is 1.77 bits per heavy atom. The van der Waals surface area contributed by atoms with Gasteiger partial charge in [-0.25, -0.2) is 5.10 Å². The molecular weight excluding hydrogens is 382 g/mol. The predicted octanol–water partition coefficient (Wildman–Crippen LogP) is 3.53. The highest BCUT2D eigenvalue weighted by molar-refractivity contribution is 5.81. The molecule has 0 fully saturated rings. The molecule has 0 saturated heterocycles. The van der Waals surface area contributed by atoms with Crippen LogP contribution in [0.1, 0.15) is 38.2 Å². The molecule has 0 atom stereocenters. The van der Waals surface area contributed by atoms with Crippen LogP contribution in [0.4, 0.5) is 0 Å². The average Bonchev–Trinajstić information content (AvgIpc) is 3.30. The lowest BCUT2D eigenvalue weighted by Crippen LogP contribution is -2.31. The van der Waals surface area contributed by atoms with Crippen molar-refractivity contribution in [2.75, 3.05) is 6.54 Å². The number of carboxylic acids is 1. The molecule has 2 aromatic carbocycles. The van der Waals surface area contributed by atoms with Crippen LogP contribution >= 0.6 is 0 Å². The minimum Gasteiger partial charge on any atom is -0.481 e. The summed E-state index contributed by atoms with van der Waals surface area (Å²) in [6.45, 7) is 3.15. The van der Waals surface area contributed by atoms with Crippen LogP contribution in [0.2, 0.25) is 0 Å². The summed E-state index contributed by atoms with van der Waals surface area (Å²) < 4.78 is 0. The van der Waals surface area contributed by atoms with Crippen molar-refractivity contribution in [1.29, 1.82) is 0 Å². The van der Waals surface area contributed by atoms with Crippen molar-refractivity contribution in [3.63, 3.8) is 0 Å². The Balaban J connectivity index is 1.76. The maximum absolute atomic E-state index is 12.5. The van der Waals surface area contributed by atoms with Gasteiger partial charge in [0.15, 0.2) is 5.82 Å². The predicted molar refractivity (Wildman–Crippen MR) is 112 cm³/mol. The van der Waals surface area contributed by atoms with Crippen LogP contribution in [0, 0.1) is 0 Å². The summed E-state index contributed by atoms with van der Waals surface area (Å²) in [6, 6.07) is 15.9. The molecule has 0 unspecified atom stereocenters. The van der Waals surface area contributed by atoms with E-state index in [1.807, 2.05) is 48.5 Å². The molecule has 156 valence electrons. The van der Waals surface area contributed by atoms with Crippen molar-refractivity contribution < 1.29 is 14.7 Å². The summed E-state index contributed by atoms with van der Waals surface area (Å²) in [5.41, 5.74) is 3.92. The van der Waals surface area contributed by atoms with Gasteiger partial charge in [-0.1, -0.05) is 61.9 Å². The van der Waals surface area contributed by atoms with Crippen molar-refractivity contribution >= 4 is 11.9 Å². The third kappa shape index (κ3) is 5.50. The quantitative estimate of drug-likeness (QED) is 0.532. The second-order valence-corrected chi connectivity index (χ2v) is 7.05. The molecule has 0 aliphatic heterocycles. The fourth-order valence-electron chi connectivity index (χ4n) is 3.24. The van der Waals surface area contributed by atoms with E-state index in [0.717, 1.165) is 35.1 Å². The number of carbonyl (C=O) groups is 2. The molecule has 8 heteroatoms. The zero-order valence-corrected chi connectivity index (χ0v) is 16.9. The fraction of sp³-hybridized carbons (Fsp3) is 0.318. The summed E-state index contributed by atoms with van der Waals surface area (Å²) in [5, 5.41) is 23.0. The van der Waals surface area contributed by atoms with E-state index in [4.69, 9.17) is 5.11 Å². The van der Waals surface area contributed by atoms with Crippen LogP contribution in [-0.2, 0) is 16.1 Å². The number of benzene rings is 2. The number of hydrogen-bond donors (Lipinski definition) is 2. The lowest BCUT2D eigenvalue weighted by Gasteiger charge is -2.23. The third-order valence-electron chi connectivity index (χ3n) is 4.85. The molecule has 0 bridgehead atoms. The number of aromatic nitrogens is 4. The van der Waals surface area contributed by atoms with Gasteiger partial charge in [0.1, 0.15) is 0 Å². The van der Waals surface area contributed by atoms with Gasteiger partial charge in [-0.2, -0.15) is 0 Å². The molecule has 0 aliphatic carbocycles. The highest BCUT2D eigenvalue weighted by atomic mass is 16.4. The summed E-state index contributed by atoms with van der Waals surface area (Å²) in [7, 11) is 0. The van der Waals surface area contributed by atoms with E-state index < -0.39 is 5.97 Å². The minimum atomic E-state index is -0.955. The van der Waals surface area contributed by atoms with Gasteiger partial charge in [0.2, 0.25) is 5.91 Å². The Morgan fingerprint density at radius 3 is 2.40 bits per heavy atom. The topological polar surface area (TPSA) is 112 Å². The Labute approximate surface area is 174 Å². The second-order valence-electron chi connectivity index (χ2n) is 7.05. The smallest absolute Gasteiger partial charge is 0.303 e. The summed E-state index contributed by atoms with van der Waals surface area (Å²) in [4.78, 5) is 25.0. The maximum atomic E-state index is 12.5. The molecule has 0 saturated carbocycles. The molecule has 0 spiro atoms. The van der Waals surface area contributed by atoms with E-state index >= 15 is 0 Å². The first-order valence-electron chi connectivity index (χ1n) is 10.0. The van der Waals surface area contributed by atoms with E-state index in [2.05, 4.69) is 27.5 Å². The number of carbonyl (C=O) groups excluding carboxylic acids is 1. The molecule has 1 amide bonds. The van der Waals surface area contributed by atoms with Crippen LogP contribution in [0.15, 0.2) is 48.5 Å². The average molecular weight is 407 g/mol. The molecule has 3 aromatic rings. The van der Waals surface area contributed by atoms with Crippen LogP contribution in [0.5, 0.6) is 0 Å². The molecule has 2 N–H and O–H groups in total. The standard InChI is InChI=1S/C22H25N5O3/c1-2-3-14-27(20(28)12-13-21(29)30)15-16-8-10-17(11-9-16)18-6-4-5-7-19(18)22-23-25-26-24-22/h4-11H,2-3,12-15H2,1H3,(H,29,30)(H,23,24,25,26). The molecule has 1 aromatic heterocycles. The lowest BCUT2D eigenvalue weighted by molar-refractivity contribution is -0.141. The molecule has 0 aliphatic rings. The first-order chi connectivity index (χ1) is 14.6. The number of rotatable bonds is 10.